The lowest BCUT2D eigenvalue weighted by molar-refractivity contribution is -0.115. The van der Waals surface area contributed by atoms with E-state index in [-0.39, 0.29) is 11.6 Å². The summed E-state index contributed by atoms with van der Waals surface area (Å²) in [5, 5.41) is 0.707. The maximum Gasteiger partial charge on any atom is 0.197 e. The molecule has 0 aliphatic heterocycles. The average molecular weight is 430 g/mol. The van der Waals surface area contributed by atoms with Gasteiger partial charge >= 0.3 is 0 Å². The minimum Gasteiger partial charge on any atom is -0.289 e. The first kappa shape index (κ1) is 20.4. The molecule has 0 bridgehead atoms. The Bertz CT molecular complexity index is 1110. The van der Waals surface area contributed by atoms with E-state index in [1.165, 1.54) is 29.6 Å². The molecule has 148 valence electrons. The topological polar surface area (TPSA) is 47.0 Å². The summed E-state index contributed by atoms with van der Waals surface area (Å²) in [4.78, 5) is 32.6. The van der Waals surface area contributed by atoms with Gasteiger partial charge in [0.05, 0.1) is 9.81 Å². The van der Waals surface area contributed by atoms with E-state index in [4.69, 9.17) is 0 Å². The molecule has 0 radical (unpaired) electrons. The van der Waals surface area contributed by atoms with Crippen molar-refractivity contribution in [3.8, 4) is 0 Å². The zero-order valence-corrected chi connectivity index (χ0v) is 17.8. The summed E-state index contributed by atoms with van der Waals surface area (Å²) in [6, 6.07) is 25.2. The Morgan fingerprint density at radius 3 is 2.13 bits per heavy atom. The molecule has 4 rings (SSSR count). The molecule has 0 unspecified atom stereocenters. The first-order valence-corrected chi connectivity index (χ1v) is 11.2. The maximum absolute atomic E-state index is 13.4. The number of aromatic nitrogens is 1. The van der Waals surface area contributed by atoms with Crippen molar-refractivity contribution in [3.05, 3.63) is 112 Å². The lowest BCUT2D eigenvalue weighted by Gasteiger charge is -2.18. The van der Waals surface area contributed by atoms with Crippen LogP contribution in [0.25, 0.3) is 0 Å². The zero-order valence-electron chi connectivity index (χ0n) is 16.2. The zero-order chi connectivity index (χ0) is 20.8. The van der Waals surface area contributed by atoms with Crippen LogP contribution in [-0.2, 0) is 16.0 Å². The average Bonchev–Trinajstić information content (AvgIpc) is 2.79. The fourth-order valence-electron chi connectivity index (χ4n) is 3.11. The molecule has 2 aromatic carbocycles. The summed E-state index contributed by atoms with van der Waals surface area (Å²) in [5.41, 5.74) is 1.71. The largest absolute Gasteiger partial charge is 0.289 e. The lowest BCUT2D eigenvalue weighted by Crippen LogP contribution is -2.17. The molecule has 1 heterocycles. The van der Waals surface area contributed by atoms with Crippen LogP contribution in [0.4, 0.5) is 0 Å². The van der Waals surface area contributed by atoms with Crippen LogP contribution < -0.4 is 0 Å². The van der Waals surface area contributed by atoms with Gasteiger partial charge in [-0.2, -0.15) is 0 Å². The standard InChI is InChI=1S/C25H19NO2S2/c27-21-17-22(29-19-11-5-2-6-12-19)24(28)20(15-14-18-9-3-1-4-10-18)25(21)30-23-13-7-8-16-26-23/h1-13,16-17H,14-15H2. The fourth-order valence-corrected chi connectivity index (χ4v) is 4.98. The molecule has 0 saturated heterocycles. The Labute approximate surface area is 184 Å². The van der Waals surface area contributed by atoms with E-state index >= 15 is 0 Å². The van der Waals surface area contributed by atoms with Gasteiger partial charge in [-0.05, 0) is 42.7 Å². The summed E-state index contributed by atoms with van der Waals surface area (Å²) in [6.07, 6.45) is 4.37. The highest BCUT2D eigenvalue weighted by Gasteiger charge is 2.29. The Morgan fingerprint density at radius 2 is 1.43 bits per heavy atom. The van der Waals surface area contributed by atoms with Gasteiger partial charge in [0, 0.05) is 22.7 Å². The Balaban J connectivity index is 1.64. The first-order valence-electron chi connectivity index (χ1n) is 9.60. The molecule has 1 aromatic heterocycles. The number of aryl methyl sites for hydroxylation is 1. The smallest absolute Gasteiger partial charge is 0.197 e. The van der Waals surface area contributed by atoms with Gasteiger partial charge in [-0.1, -0.05) is 78.1 Å². The molecule has 3 aromatic rings. The number of thioether (sulfide) groups is 2. The molecule has 30 heavy (non-hydrogen) atoms. The molecule has 0 saturated carbocycles. The Morgan fingerprint density at radius 1 is 0.733 bits per heavy atom. The number of benzene rings is 2. The van der Waals surface area contributed by atoms with E-state index in [0.717, 1.165) is 10.5 Å². The third-order valence-corrected chi connectivity index (χ3v) is 6.71. The van der Waals surface area contributed by atoms with Crippen molar-refractivity contribution >= 4 is 35.1 Å². The minimum atomic E-state index is -0.133. The van der Waals surface area contributed by atoms with Crippen LogP contribution in [0.3, 0.4) is 0 Å². The number of ketones is 2. The molecule has 1 aliphatic carbocycles. The third kappa shape index (κ3) is 4.99. The molecule has 0 spiro atoms. The van der Waals surface area contributed by atoms with Crippen molar-refractivity contribution in [1.29, 1.82) is 0 Å². The van der Waals surface area contributed by atoms with Crippen molar-refractivity contribution in [1.82, 2.24) is 4.98 Å². The van der Waals surface area contributed by atoms with Crippen LogP contribution in [0.5, 0.6) is 0 Å². The number of hydrogen-bond donors (Lipinski definition) is 0. The van der Waals surface area contributed by atoms with Crippen molar-refractivity contribution in [2.24, 2.45) is 0 Å². The molecular weight excluding hydrogens is 410 g/mol. The highest BCUT2D eigenvalue weighted by atomic mass is 32.2. The number of allylic oxidation sites excluding steroid dienone is 4. The van der Waals surface area contributed by atoms with Crippen molar-refractivity contribution < 1.29 is 9.59 Å². The van der Waals surface area contributed by atoms with Gasteiger partial charge in [-0.25, -0.2) is 4.98 Å². The van der Waals surface area contributed by atoms with E-state index in [0.29, 0.717) is 33.3 Å². The third-order valence-electron chi connectivity index (χ3n) is 4.58. The van der Waals surface area contributed by atoms with Gasteiger partial charge < -0.3 is 0 Å². The lowest BCUT2D eigenvalue weighted by atomic mass is 9.96. The summed E-state index contributed by atoms with van der Waals surface area (Å²) < 4.78 is 0. The summed E-state index contributed by atoms with van der Waals surface area (Å²) in [6.45, 7) is 0. The summed E-state index contributed by atoms with van der Waals surface area (Å²) >= 11 is 2.61. The molecule has 5 heteroatoms. The quantitative estimate of drug-likeness (QED) is 0.438. The van der Waals surface area contributed by atoms with Gasteiger partial charge in [-0.3, -0.25) is 9.59 Å². The second-order valence-electron chi connectivity index (χ2n) is 6.68. The van der Waals surface area contributed by atoms with Crippen LogP contribution in [0.15, 0.2) is 116 Å². The van der Waals surface area contributed by atoms with Gasteiger partial charge in [0.25, 0.3) is 0 Å². The first-order chi connectivity index (χ1) is 14.7. The fraction of sp³-hybridized carbons (Fsp3) is 0.0800. The predicted octanol–water partition coefficient (Wildman–Crippen LogP) is 5.89. The maximum atomic E-state index is 13.4. The Kier molecular flexibility index (Phi) is 6.62. The van der Waals surface area contributed by atoms with Gasteiger partial charge in [-0.15, -0.1) is 0 Å². The van der Waals surface area contributed by atoms with Crippen LogP contribution in [0.2, 0.25) is 0 Å². The number of hydrogen-bond acceptors (Lipinski definition) is 5. The monoisotopic (exact) mass is 429 g/mol. The summed E-state index contributed by atoms with van der Waals surface area (Å²) in [5.74, 6) is -0.204. The van der Waals surface area contributed by atoms with E-state index < -0.39 is 0 Å². The highest BCUT2D eigenvalue weighted by molar-refractivity contribution is 8.05. The molecule has 0 amide bonds. The number of rotatable bonds is 7. The molecule has 1 aliphatic rings. The normalized spacial score (nSPS) is 14.1. The van der Waals surface area contributed by atoms with E-state index in [2.05, 4.69) is 4.98 Å². The van der Waals surface area contributed by atoms with Gasteiger partial charge in [0.1, 0.15) is 5.03 Å². The molecular formula is C25H19NO2S2. The van der Waals surface area contributed by atoms with Crippen molar-refractivity contribution in [3.63, 3.8) is 0 Å². The number of carbonyl (C=O) groups is 2. The number of nitrogens with zero attached hydrogens (tertiary/aromatic N) is 1. The SMILES string of the molecule is O=C1C=C(Sc2ccccc2)C(=O)C(CCc2ccccc2)=C1Sc1ccccn1. The second-order valence-corrected chi connectivity index (χ2v) is 8.83. The van der Waals surface area contributed by atoms with Crippen LogP contribution >= 0.6 is 23.5 Å². The van der Waals surface area contributed by atoms with Crippen LogP contribution in [-0.4, -0.2) is 16.6 Å². The van der Waals surface area contributed by atoms with E-state index in [9.17, 15) is 9.59 Å². The Hall–Kier alpha value is -2.89. The van der Waals surface area contributed by atoms with Crippen LogP contribution in [0, 0.1) is 0 Å². The van der Waals surface area contributed by atoms with E-state index in [1.807, 2.05) is 78.9 Å². The predicted molar refractivity (Wildman–Crippen MR) is 122 cm³/mol. The van der Waals surface area contributed by atoms with Gasteiger partial charge in [0.2, 0.25) is 0 Å². The number of carbonyl (C=O) groups excluding carboxylic acids is 2. The molecule has 0 fully saturated rings. The van der Waals surface area contributed by atoms with Gasteiger partial charge in [0.15, 0.2) is 11.6 Å². The number of pyridine rings is 1. The van der Waals surface area contributed by atoms with Crippen LogP contribution in [0.1, 0.15) is 12.0 Å². The van der Waals surface area contributed by atoms with E-state index in [1.54, 1.807) is 6.20 Å². The number of Topliss-reactive ketones (excluding diaryl/α,β-unsaturated/α-hetero) is 1. The highest BCUT2D eigenvalue weighted by Crippen LogP contribution is 2.39. The molecule has 3 nitrogen and oxygen atoms in total. The minimum absolute atomic E-state index is 0.0715. The molecule has 0 atom stereocenters. The second kappa shape index (κ2) is 9.74. The van der Waals surface area contributed by atoms with Crippen molar-refractivity contribution in [2.45, 2.75) is 22.8 Å². The molecule has 0 N–H and O–H groups in total. The van der Waals surface area contributed by atoms with Crippen molar-refractivity contribution in [2.75, 3.05) is 0 Å². The summed E-state index contributed by atoms with van der Waals surface area (Å²) in [7, 11) is 0.